The molecular weight excluding hydrogens is 212 g/mol. The van der Waals surface area contributed by atoms with Gasteiger partial charge < -0.3 is 11.1 Å². The van der Waals surface area contributed by atoms with Crippen LogP contribution in [0.5, 0.6) is 0 Å². The number of amidine groups is 2. The lowest BCUT2D eigenvalue weighted by atomic mass is 10.3. The molecule has 1 rings (SSSR count). The maximum absolute atomic E-state index is 7.63. The molecule has 1 aromatic heterocycles. The van der Waals surface area contributed by atoms with Gasteiger partial charge in [-0.1, -0.05) is 0 Å². The van der Waals surface area contributed by atoms with E-state index in [0.29, 0.717) is 29.6 Å². The van der Waals surface area contributed by atoms with Crippen LogP contribution in [0.15, 0.2) is 0 Å². The Hall–Kier alpha value is -1.34. The molecule has 5 N–H and O–H groups in total. The molecule has 82 valence electrons. The van der Waals surface area contributed by atoms with E-state index in [9.17, 15) is 0 Å². The predicted molar refractivity (Wildman–Crippen MR) is 60.6 cm³/mol. The van der Waals surface area contributed by atoms with Crippen molar-refractivity contribution in [2.75, 3.05) is 6.54 Å². The zero-order valence-electron chi connectivity index (χ0n) is 8.50. The lowest BCUT2D eigenvalue weighted by Crippen LogP contribution is -2.30. The van der Waals surface area contributed by atoms with Gasteiger partial charge in [-0.25, -0.2) is 4.98 Å². The molecule has 0 aliphatic carbocycles. The summed E-state index contributed by atoms with van der Waals surface area (Å²) < 4.78 is 3.97. The van der Waals surface area contributed by atoms with Gasteiger partial charge in [0.15, 0.2) is 10.8 Å². The van der Waals surface area contributed by atoms with Crippen molar-refractivity contribution in [3.8, 4) is 0 Å². The Kier molecular flexibility index (Phi) is 4.32. The van der Waals surface area contributed by atoms with E-state index >= 15 is 0 Å². The lowest BCUT2D eigenvalue weighted by molar-refractivity contribution is 0.860. The second kappa shape index (κ2) is 5.52. The van der Waals surface area contributed by atoms with Gasteiger partial charge in [-0.3, -0.25) is 10.8 Å². The minimum absolute atomic E-state index is 0.127. The first-order valence-corrected chi connectivity index (χ1v) is 5.34. The summed E-state index contributed by atoms with van der Waals surface area (Å²) >= 11 is 1.15. The molecule has 0 saturated heterocycles. The van der Waals surface area contributed by atoms with Crippen LogP contribution >= 0.6 is 11.5 Å². The van der Waals surface area contributed by atoms with Crippen molar-refractivity contribution < 1.29 is 0 Å². The highest BCUT2D eigenvalue weighted by atomic mass is 32.1. The monoisotopic (exact) mass is 226 g/mol. The maximum atomic E-state index is 7.63. The van der Waals surface area contributed by atoms with Gasteiger partial charge in [-0.2, -0.15) is 4.37 Å². The third-order valence-electron chi connectivity index (χ3n) is 1.65. The van der Waals surface area contributed by atoms with Gasteiger partial charge in [0.25, 0.3) is 0 Å². The average Bonchev–Trinajstić information content (AvgIpc) is 2.61. The van der Waals surface area contributed by atoms with Crippen molar-refractivity contribution in [1.82, 2.24) is 14.7 Å². The van der Waals surface area contributed by atoms with E-state index in [0.717, 1.165) is 18.0 Å². The molecular formula is C8H14N6S. The molecule has 0 radical (unpaired) electrons. The molecule has 7 heteroatoms. The molecule has 0 aliphatic heterocycles. The van der Waals surface area contributed by atoms with Gasteiger partial charge in [-0.05, 0) is 31.4 Å². The fraction of sp³-hybridized carbons (Fsp3) is 0.500. The molecule has 0 amide bonds. The Morgan fingerprint density at radius 1 is 1.53 bits per heavy atom. The van der Waals surface area contributed by atoms with Gasteiger partial charge in [0.05, 0.1) is 5.84 Å². The highest BCUT2D eigenvalue weighted by Gasteiger charge is 2.08. The second-order valence-electron chi connectivity index (χ2n) is 3.02. The van der Waals surface area contributed by atoms with Gasteiger partial charge in [0.2, 0.25) is 0 Å². The summed E-state index contributed by atoms with van der Waals surface area (Å²) in [6, 6.07) is 0. The van der Waals surface area contributed by atoms with Crippen LogP contribution in [0, 0.1) is 17.7 Å². The van der Waals surface area contributed by atoms with Crippen LogP contribution in [0.1, 0.15) is 23.7 Å². The van der Waals surface area contributed by atoms with E-state index < -0.39 is 0 Å². The third-order valence-corrected chi connectivity index (χ3v) is 2.47. The quantitative estimate of drug-likeness (QED) is 0.442. The normalized spacial score (nSPS) is 10.0. The largest absolute Gasteiger partial charge is 0.330 e. The van der Waals surface area contributed by atoms with Crippen LogP contribution in [-0.2, 0) is 0 Å². The van der Waals surface area contributed by atoms with E-state index in [4.69, 9.17) is 16.6 Å². The first-order valence-electron chi connectivity index (χ1n) is 4.57. The van der Waals surface area contributed by atoms with E-state index in [2.05, 4.69) is 14.7 Å². The molecule has 0 aliphatic rings. The van der Waals surface area contributed by atoms with Gasteiger partial charge in [-0.15, -0.1) is 0 Å². The molecule has 0 bridgehead atoms. The van der Waals surface area contributed by atoms with Crippen molar-refractivity contribution in [3.63, 3.8) is 0 Å². The molecule has 0 atom stereocenters. The van der Waals surface area contributed by atoms with Crippen LogP contribution in [0.3, 0.4) is 0 Å². The summed E-state index contributed by atoms with van der Waals surface area (Å²) in [6.07, 6.45) is 1.30. The highest BCUT2D eigenvalue weighted by Crippen LogP contribution is 2.03. The molecule has 1 aromatic rings. The highest BCUT2D eigenvalue weighted by molar-refractivity contribution is 7.07. The lowest BCUT2D eigenvalue weighted by Gasteiger charge is -2.05. The molecule has 6 nitrogen and oxygen atoms in total. The maximum Gasteiger partial charge on any atom is 0.178 e. The van der Waals surface area contributed by atoms with Crippen LogP contribution in [0.2, 0.25) is 0 Å². The minimum atomic E-state index is 0.127. The first-order chi connectivity index (χ1) is 7.13. The van der Waals surface area contributed by atoms with Crippen molar-refractivity contribution >= 4 is 23.2 Å². The molecule has 0 unspecified atom stereocenters. The molecule has 15 heavy (non-hydrogen) atoms. The molecule has 0 saturated carbocycles. The minimum Gasteiger partial charge on any atom is -0.330 e. The number of hydrogen-bond acceptors (Lipinski definition) is 6. The topological polar surface area (TPSA) is 112 Å². The molecule has 0 fully saturated rings. The number of rotatable bonds is 4. The van der Waals surface area contributed by atoms with Crippen LogP contribution in [-0.4, -0.2) is 27.6 Å². The summed E-state index contributed by atoms with van der Waals surface area (Å²) in [4.78, 5) is 4.04. The predicted octanol–water partition coefficient (Wildman–Crippen LogP) is 0.478. The fourth-order valence-corrected chi connectivity index (χ4v) is 1.52. The van der Waals surface area contributed by atoms with Crippen molar-refractivity contribution in [3.05, 3.63) is 10.8 Å². The number of nitrogens with two attached hydrogens (primary N) is 1. The van der Waals surface area contributed by atoms with Gasteiger partial charge in [0.1, 0.15) is 5.82 Å². The van der Waals surface area contributed by atoms with Crippen molar-refractivity contribution in [1.29, 1.82) is 10.8 Å². The van der Waals surface area contributed by atoms with Crippen LogP contribution in [0.25, 0.3) is 0 Å². The number of aryl methyl sites for hydroxylation is 1. The molecule has 1 heterocycles. The van der Waals surface area contributed by atoms with Gasteiger partial charge in [0, 0.05) is 6.42 Å². The standard InChI is InChI=1S/C8H14N6S/c1-5-12-8(15-14-5)7(11)13-6(10)3-2-4-9/h2-4,9H2,1H3,(H3,10,11,13). The van der Waals surface area contributed by atoms with Crippen molar-refractivity contribution in [2.45, 2.75) is 19.8 Å². The third kappa shape index (κ3) is 3.72. The zero-order valence-corrected chi connectivity index (χ0v) is 9.32. The summed E-state index contributed by atoms with van der Waals surface area (Å²) in [5, 5.41) is 18.3. The molecule has 0 spiro atoms. The summed E-state index contributed by atoms with van der Waals surface area (Å²) in [5.74, 6) is 1.07. The Bertz CT molecular complexity index is 358. The SMILES string of the molecule is Cc1nsc(C(=N)NC(=N)CCCN)n1. The van der Waals surface area contributed by atoms with E-state index in [1.54, 1.807) is 6.92 Å². The Balaban J connectivity index is 2.45. The average molecular weight is 226 g/mol. The van der Waals surface area contributed by atoms with E-state index in [1.807, 2.05) is 0 Å². The number of aromatic nitrogens is 2. The Morgan fingerprint density at radius 3 is 2.80 bits per heavy atom. The Morgan fingerprint density at radius 2 is 2.27 bits per heavy atom. The zero-order chi connectivity index (χ0) is 11.3. The number of nitrogens with zero attached hydrogens (tertiary/aromatic N) is 2. The Labute approximate surface area is 92.1 Å². The first kappa shape index (κ1) is 11.7. The number of nitrogens with one attached hydrogen (secondary N) is 3. The smallest absolute Gasteiger partial charge is 0.178 e. The fourth-order valence-electron chi connectivity index (χ4n) is 0.944. The van der Waals surface area contributed by atoms with Crippen LogP contribution < -0.4 is 11.1 Å². The molecule has 0 aromatic carbocycles. The van der Waals surface area contributed by atoms with Crippen LogP contribution in [0.4, 0.5) is 0 Å². The van der Waals surface area contributed by atoms with Gasteiger partial charge >= 0.3 is 0 Å². The van der Waals surface area contributed by atoms with E-state index in [1.165, 1.54) is 0 Å². The van der Waals surface area contributed by atoms with E-state index in [-0.39, 0.29) is 5.84 Å². The number of hydrogen-bond donors (Lipinski definition) is 4. The second-order valence-corrected chi connectivity index (χ2v) is 3.77. The summed E-state index contributed by atoms with van der Waals surface area (Å²) in [7, 11) is 0. The summed E-state index contributed by atoms with van der Waals surface area (Å²) in [5.41, 5.74) is 5.32. The summed E-state index contributed by atoms with van der Waals surface area (Å²) in [6.45, 7) is 2.32. The van der Waals surface area contributed by atoms with Crippen molar-refractivity contribution in [2.24, 2.45) is 5.73 Å².